The van der Waals surface area contributed by atoms with E-state index in [0.29, 0.717) is 24.3 Å². The van der Waals surface area contributed by atoms with E-state index in [1.807, 2.05) is 6.92 Å². The summed E-state index contributed by atoms with van der Waals surface area (Å²) in [6.45, 7) is 2.07. The van der Waals surface area contributed by atoms with Gasteiger partial charge in [0, 0.05) is 5.69 Å². The van der Waals surface area contributed by atoms with Gasteiger partial charge in [-0.15, -0.1) is 0 Å². The van der Waals surface area contributed by atoms with E-state index in [2.05, 4.69) is 5.32 Å². The van der Waals surface area contributed by atoms with Gasteiger partial charge in [-0.05, 0) is 61.2 Å². The fourth-order valence-electron chi connectivity index (χ4n) is 2.99. The van der Waals surface area contributed by atoms with Gasteiger partial charge >= 0.3 is 5.97 Å². The molecule has 0 heterocycles. The normalized spacial score (nSPS) is 18.7. The minimum absolute atomic E-state index is 0.241. The summed E-state index contributed by atoms with van der Waals surface area (Å²) in [6, 6.07) is 11.4. The molecule has 5 nitrogen and oxygen atoms in total. The van der Waals surface area contributed by atoms with Crippen molar-refractivity contribution < 1.29 is 23.8 Å². The second kappa shape index (κ2) is 7.56. The fraction of sp³-hybridized carbons (Fsp3) is 0.300. The quantitative estimate of drug-likeness (QED) is 0.825. The number of carboxylic acid groups (broad SMARTS) is 1. The number of benzene rings is 2. The Balaban J connectivity index is 1.60. The Hall–Kier alpha value is -2.89. The Morgan fingerprint density at radius 1 is 1.19 bits per heavy atom. The lowest BCUT2D eigenvalue weighted by molar-refractivity contribution is -0.151. The van der Waals surface area contributed by atoms with Crippen LogP contribution in [0.4, 0.5) is 10.1 Å². The standard InChI is InChI=1S/C20H20FNO4/c1-12-9-15(26-11-13-3-2-4-14(21)10-13)5-8-18(12)22-19(23)16-6-7-17(16)20(24)25/h2-5,8-10,16-17H,6-7,11H2,1H3,(H,22,23)(H,24,25). The lowest BCUT2D eigenvalue weighted by atomic mass is 9.73. The van der Waals surface area contributed by atoms with Gasteiger partial charge in [-0.3, -0.25) is 9.59 Å². The molecule has 0 aliphatic heterocycles. The minimum Gasteiger partial charge on any atom is -0.489 e. The van der Waals surface area contributed by atoms with Crippen LogP contribution in [0.3, 0.4) is 0 Å². The predicted octanol–water partition coefficient (Wildman–Crippen LogP) is 3.76. The van der Waals surface area contributed by atoms with E-state index in [9.17, 15) is 14.0 Å². The Morgan fingerprint density at radius 2 is 1.96 bits per heavy atom. The van der Waals surface area contributed by atoms with Gasteiger partial charge in [0.05, 0.1) is 11.8 Å². The first-order chi connectivity index (χ1) is 12.4. The molecule has 2 N–H and O–H groups in total. The van der Waals surface area contributed by atoms with Crippen LogP contribution in [0.2, 0.25) is 0 Å². The van der Waals surface area contributed by atoms with Crippen LogP contribution in [0.25, 0.3) is 0 Å². The van der Waals surface area contributed by atoms with E-state index >= 15 is 0 Å². The molecule has 0 saturated heterocycles. The first kappa shape index (κ1) is 17.9. The van der Waals surface area contributed by atoms with Crippen LogP contribution in [0.15, 0.2) is 42.5 Å². The van der Waals surface area contributed by atoms with Crippen molar-refractivity contribution in [3.8, 4) is 5.75 Å². The maximum atomic E-state index is 13.2. The second-order valence-corrected chi connectivity index (χ2v) is 6.51. The topological polar surface area (TPSA) is 75.6 Å². The molecule has 2 aromatic carbocycles. The molecule has 26 heavy (non-hydrogen) atoms. The minimum atomic E-state index is -0.922. The van der Waals surface area contributed by atoms with E-state index in [0.717, 1.165) is 11.1 Å². The molecule has 2 atom stereocenters. The van der Waals surface area contributed by atoms with E-state index in [1.165, 1.54) is 12.1 Å². The maximum Gasteiger partial charge on any atom is 0.307 e. The molecule has 0 radical (unpaired) electrons. The number of carbonyl (C=O) groups is 2. The molecule has 1 aliphatic carbocycles. The van der Waals surface area contributed by atoms with Gasteiger partial charge in [-0.2, -0.15) is 0 Å². The molecule has 2 aromatic rings. The van der Waals surface area contributed by atoms with Crippen molar-refractivity contribution in [2.45, 2.75) is 26.4 Å². The van der Waals surface area contributed by atoms with E-state index in [4.69, 9.17) is 9.84 Å². The first-order valence-corrected chi connectivity index (χ1v) is 8.45. The van der Waals surface area contributed by atoms with Crippen LogP contribution >= 0.6 is 0 Å². The molecule has 0 spiro atoms. The zero-order chi connectivity index (χ0) is 18.7. The summed E-state index contributed by atoms with van der Waals surface area (Å²) in [5.41, 5.74) is 2.16. The molecule has 1 aliphatic rings. The van der Waals surface area contributed by atoms with Crippen molar-refractivity contribution in [2.24, 2.45) is 11.8 Å². The Morgan fingerprint density at radius 3 is 2.58 bits per heavy atom. The lowest BCUT2D eigenvalue weighted by Crippen LogP contribution is -2.41. The van der Waals surface area contributed by atoms with Gasteiger partial charge in [-0.1, -0.05) is 12.1 Å². The van der Waals surface area contributed by atoms with Crippen LogP contribution in [0, 0.1) is 24.6 Å². The van der Waals surface area contributed by atoms with Gasteiger partial charge in [0.2, 0.25) is 5.91 Å². The van der Waals surface area contributed by atoms with E-state index in [1.54, 1.807) is 30.3 Å². The van der Waals surface area contributed by atoms with Crippen LogP contribution in [-0.4, -0.2) is 17.0 Å². The number of rotatable bonds is 6. The second-order valence-electron chi connectivity index (χ2n) is 6.51. The molecular formula is C20H20FNO4. The average Bonchev–Trinajstić information content (AvgIpc) is 2.53. The van der Waals surface area contributed by atoms with E-state index < -0.39 is 17.8 Å². The SMILES string of the molecule is Cc1cc(OCc2cccc(F)c2)ccc1NC(=O)C1CCC1C(=O)O. The molecule has 2 unspecified atom stereocenters. The molecule has 6 heteroatoms. The van der Waals surface area contributed by atoms with Crippen molar-refractivity contribution in [1.29, 1.82) is 0 Å². The number of carbonyl (C=O) groups excluding carboxylic acids is 1. The van der Waals surface area contributed by atoms with Crippen molar-refractivity contribution >= 4 is 17.6 Å². The van der Waals surface area contributed by atoms with Crippen molar-refractivity contribution in [1.82, 2.24) is 0 Å². The summed E-state index contributed by atoms with van der Waals surface area (Å²) in [4.78, 5) is 23.3. The molecule has 1 saturated carbocycles. The first-order valence-electron chi connectivity index (χ1n) is 8.45. The highest BCUT2D eigenvalue weighted by Crippen LogP contribution is 2.35. The molecule has 0 bridgehead atoms. The molecule has 0 aromatic heterocycles. The molecular weight excluding hydrogens is 337 g/mol. The summed E-state index contributed by atoms with van der Waals surface area (Å²) in [7, 11) is 0. The van der Waals surface area contributed by atoms with Gasteiger partial charge in [0.1, 0.15) is 18.2 Å². The number of hydrogen-bond donors (Lipinski definition) is 2. The molecule has 136 valence electrons. The Labute approximate surface area is 150 Å². The average molecular weight is 357 g/mol. The fourth-order valence-corrected chi connectivity index (χ4v) is 2.99. The highest BCUT2D eigenvalue weighted by atomic mass is 19.1. The largest absolute Gasteiger partial charge is 0.489 e. The molecule has 1 amide bonds. The summed E-state index contributed by atoms with van der Waals surface area (Å²) in [6.07, 6.45) is 1.13. The molecule has 1 fully saturated rings. The summed E-state index contributed by atoms with van der Waals surface area (Å²) >= 11 is 0. The summed E-state index contributed by atoms with van der Waals surface area (Å²) in [5.74, 6) is -1.96. The van der Waals surface area contributed by atoms with Gasteiger partial charge < -0.3 is 15.2 Å². The summed E-state index contributed by atoms with van der Waals surface area (Å²) in [5, 5.41) is 11.9. The van der Waals surface area contributed by atoms with E-state index in [-0.39, 0.29) is 18.3 Å². The monoisotopic (exact) mass is 357 g/mol. The van der Waals surface area contributed by atoms with Crippen LogP contribution < -0.4 is 10.1 Å². The molecule has 3 rings (SSSR count). The predicted molar refractivity (Wildman–Crippen MR) is 94.4 cm³/mol. The van der Waals surface area contributed by atoms with Gasteiger partial charge in [0.25, 0.3) is 0 Å². The van der Waals surface area contributed by atoms with Crippen LogP contribution in [-0.2, 0) is 16.2 Å². The van der Waals surface area contributed by atoms with Gasteiger partial charge in [-0.25, -0.2) is 4.39 Å². The number of carboxylic acids is 1. The van der Waals surface area contributed by atoms with Crippen LogP contribution in [0.1, 0.15) is 24.0 Å². The number of amides is 1. The third-order valence-corrected chi connectivity index (χ3v) is 4.68. The van der Waals surface area contributed by atoms with Gasteiger partial charge in [0.15, 0.2) is 0 Å². The number of anilines is 1. The Bertz CT molecular complexity index is 836. The van der Waals surface area contributed by atoms with Crippen LogP contribution in [0.5, 0.6) is 5.75 Å². The van der Waals surface area contributed by atoms with Crippen molar-refractivity contribution in [2.75, 3.05) is 5.32 Å². The zero-order valence-corrected chi connectivity index (χ0v) is 14.4. The smallest absolute Gasteiger partial charge is 0.307 e. The number of ether oxygens (including phenoxy) is 1. The Kier molecular flexibility index (Phi) is 5.21. The number of aliphatic carboxylic acids is 1. The third-order valence-electron chi connectivity index (χ3n) is 4.68. The number of nitrogens with one attached hydrogen (secondary N) is 1. The van der Waals surface area contributed by atoms with Crippen molar-refractivity contribution in [3.63, 3.8) is 0 Å². The zero-order valence-electron chi connectivity index (χ0n) is 14.4. The summed E-state index contributed by atoms with van der Waals surface area (Å²) < 4.78 is 18.8. The van der Waals surface area contributed by atoms with Crippen molar-refractivity contribution in [3.05, 3.63) is 59.4 Å². The number of hydrogen-bond acceptors (Lipinski definition) is 3. The highest BCUT2D eigenvalue weighted by molar-refractivity contribution is 5.96. The lowest BCUT2D eigenvalue weighted by Gasteiger charge is -2.32. The number of halogens is 1. The highest BCUT2D eigenvalue weighted by Gasteiger charge is 2.41. The number of aryl methyl sites for hydroxylation is 1. The third kappa shape index (κ3) is 4.02. The maximum absolute atomic E-state index is 13.2.